The summed E-state index contributed by atoms with van der Waals surface area (Å²) in [5, 5.41) is 20.3. The minimum Gasteiger partial charge on any atom is -0.398 e. The Labute approximate surface area is 100 Å². The first kappa shape index (κ1) is 13.5. The van der Waals surface area contributed by atoms with E-state index in [2.05, 4.69) is 5.32 Å². The predicted molar refractivity (Wildman–Crippen MR) is 65.8 cm³/mol. The third-order valence-electron chi connectivity index (χ3n) is 2.57. The summed E-state index contributed by atoms with van der Waals surface area (Å²) < 4.78 is 0. The molecule has 0 aromatic heterocycles. The summed E-state index contributed by atoms with van der Waals surface area (Å²) in [4.78, 5) is 11.8. The van der Waals surface area contributed by atoms with Gasteiger partial charge in [-0.15, -0.1) is 0 Å². The molecule has 17 heavy (non-hydrogen) atoms. The average Bonchev–Trinajstić information content (AvgIpc) is 2.30. The van der Waals surface area contributed by atoms with Crippen LogP contribution in [0, 0.1) is 13.8 Å². The van der Waals surface area contributed by atoms with Crippen LogP contribution in [-0.2, 0) is 0 Å². The van der Waals surface area contributed by atoms with Gasteiger partial charge < -0.3 is 21.3 Å². The van der Waals surface area contributed by atoms with Crippen molar-refractivity contribution in [3.8, 4) is 0 Å². The highest BCUT2D eigenvalue weighted by atomic mass is 16.3. The molecular weight excluding hydrogens is 220 g/mol. The highest BCUT2D eigenvalue weighted by Crippen LogP contribution is 2.17. The lowest BCUT2D eigenvalue weighted by molar-refractivity contribution is 0.0801. The normalized spacial score (nSPS) is 12.2. The maximum absolute atomic E-state index is 11.8. The zero-order valence-electron chi connectivity index (χ0n) is 10.0. The van der Waals surface area contributed by atoms with Gasteiger partial charge in [-0.1, -0.05) is 6.07 Å². The van der Waals surface area contributed by atoms with E-state index in [1.807, 2.05) is 19.9 Å². The number of amides is 1. The van der Waals surface area contributed by atoms with Crippen molar-refractivity contribution >= 4 is 11.6 Å². The van der Waals surface area contributed by atoms with E-state index in [-0.39, 0.29) is 19.1 Å². The van der Waals surface area contributed by atoms with E-state index in [0.717, 1.165) is 11.1 Å². The number of rotatable bonds is 4. The third-order valence-corrected chi connectivity index (χ3v) is 2.57. The van der Waals surface area contributed by atoms with E-state index in [0.29, 0.717) is 11.3 Å². The second-order valence-electron chi connectivity index (χ2n) is 4.07. The Morgan fingerprint density at radius 2 is 2.06 bits per heavy atom. The van der Waals surface area contributed by atoms with Crippen LogP contribution in [0.5, 0.6) is 0 Å². The fourth-order valence-electron chi connectivity index (χ4n) is 1.48. The Bertz CT molecular complexity index is 418. The molecule has 5 N–H and O–H groups in total. The number of aryl methyl sites for hydroxylation is 2. The lowest BCUT2D eigenvalue weighted by Gasteiger charge is -2.12. The van der Waals surface area contributed by atoms with Gasteiger partial charge in [0.15, 0.2) is 0 Å². The van der Waals surface area contributed by atoms with Crippen molar-refractivity contribution < 1.29 is 15.0 Å². The van der Waals surface area contributed by atoms with Crippen LogP contribution in [0.25, 0.3) is 0 Å². The number of benzene rings is 1. The van der Waals surface area contributed by atoms with Crippen LogP contribution in [0.1, 0.15) is 21.5 Å². The maximum Gasteiger partial charge on any atom is 0.251 e. The Hall–Kier alpha value is -1.59. The zero-order chi connectivity index (χ0) is 13.0. The van der Waals surface area contributed by atoms with Gasteiger partial charge in [-0.2, -0.15) is 0 Å². The van der Waals surface area contributed by atoms with Gasteiger partial charge in [-0.25, -0.2) is 0 Å². The number of nitrogen functional groups attached to an aromatic ring is 1. The van der Waals surface area contributed by atoms with Crippen LogP contribution in [0.15, 0.2) is 12.1 Å². The fourth-order valence-corrected chi connectivity index (χ4v) is 1.48. The van der Waals surface area contributed by atoms with Crippen LogP contribution in [0.2, 0.25) is 0 Å². The maximum atomic E-state index is 11.8. The quantitative estimate of drug-likeness (QED) is 0.554. The van der Waals surface area contributed by atoms with Crippen LogP contribution >= 0.6 is 0 Å². The second-order valence-corrected chi connectivity index (χ2v) is 4.07. The molecule has 0 aliphatic heterocycles. The van der Waals surface area contributed by atoms with Crippen LogP contribution in [0.3, 0.4) is 0 Å². The van der Waals surface area contributed by atoms with E-state index in [4.69, 9.17) is 15.9 Å². The number of aliphatic hydroxyl groups is 2. The van der Waals surface area contributed by atoms with E-state index >= 15 is 0 Å². The molecule has 5 heteroatoms. The van der Waals surface area contributed by atoms with Gasteiger partial charge in [0.1, 0.15) is 0 Å². The van der Waals surface area contributed by atoms with Gasteiger partial charge >= 0.3 is 0 Å². The van der Waals surface area contributed by atoms with E-state index in [9.17, 15) is 4.79 Å². The number of hydrogen-bond acceptors (Lipinski definition) is 4. The van der Waals surface area contributed by atoms with Gasteiger partial charge in [-0.05, 0) is 31.0 Å². The highest BCUT2D eigenvalue weighted by molar-refractivity contribution is 5.96. The van der Waals surface area contributed by atoms with Gasteiger partial charge in [0, 0.05) is 17.8 Å². The van der Waals surface area contributed by atoms with Gasteiger partial charge in [0.05, 0.1) is 12.7 Å². The Kier molecular flexibility index (Phi) is 4.48. The summed E-state index contributed by atoms with van der Waals surface area (Å²) in [6, 6.07) is 3.46. The predicted octanol–water partition coefficient (Wildman–Crippen LogP) is -0.0314. The van der Waals surface area contributed by atoms with Gasteiger partial charge in [-0.3, -0.25) is 4.79 Å². The minimum atomic E-state index is -0.943. The lowest BCUT2D eigenvalue weighted by atomic mass is 10.0. The number of carbonyl (C=O) groups excluding carboxylic acids is 1. The Morgan fingerprint density at radius 1 is 1.41 bits per heavy atom. The standard InChI is InChI=1S/C12H18N2O3/c1-7-3-8(2)11(13)4-10(7)12(17)14-5-9(16)6-15/h3-4,9,15-16H,5-6,13H2,1-2H3,(H,14,17). The molecule has 1 unspecified atom stereocenters. The van der Waals surface area contributed by atoms with Crippen molar-refractivity contribution in [2.75, 3.05) is 18.9 Å². The molecule has 1 amide bonds. The summed E-state index contributed by atoms with van der Waals surface area (Å²) in [6.07, 6.45) is -0.943. The molecule has 1 rings (SSSR count). The lowest BCUT2D eigenvalue weighted by Crippen LogP contribution is -2.34. The molecule has 0 aliphatic carbocycles. The van der Waals surface area contributed by atoms with Crippen molar-refractivity contribution in [1.29, 1.82) is 0 Å². The molecule has 1 aromatic carbocycles. The summed E-state index contributed by atoms with van der Waals surface area (Å²) in [6.45, 7) is 3.33. The summed E-state index contributed by atoms with van der Waals surface area (Å²) in [5.74, 6) is -0.304. The molecule has 0 aliphatic rings. The Balaban J connectivity index is 2.79. The average molecular weight is 238 g/mol. The second kappa shape index (κ2) is 5.65. The molecule has 0 fully saturated rings. The zero-order valence-corrected chi connectivity index (χ0v) is 10.0. The number of hydrogen-bond donors (Lipinski definition) is 4. The molecule has 1 atom stereocenters. The summed E-state index contributed by atoms with van der Waals surface area (Å²) in [7, 11) is 0. The molecule has 5 nitrogen and oxygen atoms in total. The molecule has 1 aromatic rings. The molecule has 0 spiro atoms. The van der Waals surface area contributed by atoms with Crippen molar-refractivity contribution in [2.45, 2.75) is 20.0 Å². The molecular formula is C12H18N2O3. The van der Waals surface area contributed by atoms with E-state index in [1.54, 1.807) is 6.07 Å². The smallest absolute Gasteiger partial charge is 0.251 e. The molecule has 0 saturated heterocycles. The number of carbonyl (C=O) groups is 1. The fraction of sp³-hybridized carbons (Fsp3) is 0.417. The number of nitrogens with one attached hydrogen (secondary N) is 1. The van der Waals surface area contributed by atoms with Crippen LogP contribution in [-0.4, -0.2) is 35.4 Å². The van der Waals surface area contributed by atoms with Crippen molar-refractivity contribution in [1.82, 2.24) is 5.32 Å². The van der Waals surface area contributed by atoms with Crippen LogP contribution < -0.4 is 11.1 Å². The molecule has 0 heterocycles. The van der Waals surface area contributed by atoms with E-state index < -0.39 is 6.10 Å². The number of nitrogens with two attached hydrogens (primary N) is 1. The number of aliphatic hydroxyl groups excluding tert-OH is 2. The van der Waals surface area contributed by atoms with Gasteiger partial charge in [0.2, 0.25) is 0 Å². The molecule has 0 saturated carbocycles. The summed E-state index contributed by atoms with van der Waals surface area (Å²) in [5.41, 5.74) is 8.54. The first-order valence-electron chi connectivity index (χ1n) is 5.39. The number of anilines is 1. The molecule has 94 valence electrons. The minimum absolute atomic E-state index is 0.0164. The third kappa shape index (κ3) is 3.44. The Morgan fingerprint density at radius 3 is 2.65 bits per heavy atom. The monoisotopic (exact) mass is 238 g/mol. The van der Waals surface area contributed by atoms with Crippen molar-refractivity contribution in [3.63, 3.8) is 0 Å². The molecule has 0 radical (unpaired) electrons. The van der Waals surface area contributed by atoms with E-state index in [1.165, 1.54) is 0 Å². The topological polar surface area (TPSA) is 95.6 Å². The highest BCUT2D eigenvalue weighted by Gasteiger charge is 2.12. The van der Waals surface area contributed by atoms with Gasteiger partial charge in [0.25, 0.3) is 5.91 Å². The van der Waals surface area contributed by atoms with Crippen molar-refractivity contribution in [3.05, 3.63) is 28.8 Å². The summed E-state index contributed by atoms with van der Waals surface area (Å²) >= 11 is 0. The first-order valence-corrected chi connectivity index (χ1v) is 5.39. The largest absolute Gasteiger partial charge is 0.398 e. The SMILES string of the molecule is Cc1cc(C)c(C(=O)NCC(O)CO)cc1N. The molecule has 0 bridgehead atoms. The van der Waals surface area contributed by atoms with Crippen molar-refractivity contribution in [2.24, 2.45) is 0 Å². The first-order chi connectivity index (χ1) is 7.95. The van der Waals surface area contributed by atoms with Crippen LogP contribution in [0.4, 0.5) is 5.69 Å².